The van der Waals surface area contributed by atoms with Crippen molar-refractivity contribution in [2.45, 2.75) is 6.92 Å². The Kier molecular flexibility index (Phi) is 3.40. The van der Waals surface area contributed by atoms with Crippen molar-refractivity contribution < 1.29 is 4.74 Å². The summed E-state index contributed by atoms with van der Waals surface area (Å²) >= 11 is 9.06. The van der Waals surface area contributed by atoms with Gasteiger partial charge in [0, 0.05) is 10.5 Å². The number of hydrogen-bond acceptors (Lipinski definition) is 2. The second kappa shape index (κ2) is 5.07. The smallest absolute Gasteiger partial charge is 0.182 e. The molecule has 0 bridgehead atoms. The third-order valence-corrected chi connectivity index (χ3v) is 4.15. The standard InChI is InChI=1S/C15H13BrN2OS/c1-9-3-6-13(11(16)7-9)18-14-8-10(19-2)4-5-12(14)17-15(18)20/h3-8H,1-2H3,(H,17,20). The molecule has 102 valence electrons. The van der Waals surface area contributed by atoms with Crippen LogP contribution in [0.25, 0.3) is 16.7 Å². The van der Waals surface area contributed by atoms with E-state index in [4.69, 9.17) is 17.0 Å². The molecule has 0 atom stereocenters. The lowest BCUT2D eigenvalue weighted by molar-refractivity contribution is 0.415. The molecule has 0 aliphatic carbocycles. The highest BCUT2D eigenvalue weighted by molar-refractivity contribution is 9.10. The lowest BCUT2D eigenvalue weighted by Crippen LogP contribution is -1.96. The van der Waals surface area contributed by atoms with Crippen molar-refractivity contribution in [3.63, 3.8) is 0 Å². The Bertz CT molecular complexity index is 851. The predicted octanol–water partition coefficient (Wildman–Crippen LogP) is 4.77. The number of imidazole rings is 1. The topological polar surface area (TPSA) is 29.9 Å². The number of benzene rings is 2. The molecule has 0 saturated heterocycles. The predicted molar refractivity (Wildman–Crippen MR) is 87.4 cm³/mol. The summed E-state index contributed by atoms with van der Waals surface area (Å²) in [5.41, 5.74) is 4.20. The molecule has 0 amide bonds. The number of hydrogen-bond donors (Lipinski definition) is 1. The van der Waals surface area contributed by atoms with E-state index in [2.05, 4.69) is 46.0 Å². The Morgan fingerprint density at radius 1 is 1.20 bits per heavy atom. The Labute approximate surface area is 130 Å². The number of rotatable bonds is 2. The van der Waals surface area contributed by atoms with E-state index in [1.807, 2.05) is 22.8 Å². The van der Waals surface area contributed by atoms with E-state index in [0.717, 1.165) is 26.9 Å². The average molecular weight is 349 g/mol. The van der Waals surface area contributed by atoms with E-state index < -0.39 is 0 Å². The maximum absolute atomic E-state index is 5.45. The first-order valence-electron chi connectivity index (χ1n) is 6.15. The number of aromatic amines is 1. The number of aryl methyl sites for hydroxylation is 1. The molecule has 0 aliphatic heterocycles. The van der Waals surface area contributed by atoms with Crippen LogP contribution in [0.3, 0.4) is 0 Å². The quantitative estimate of drug-likeness (QED) is 0.676. The number of nitrogens with one attached hydrogen (secondary N) is 1. The van der Waals surface area contributed by atoms with Gasteiger partial charge in [0.2, 0.25) is 0 Å². The van der Waals surface area contributed by atoms with Gasteiger partial charge in [-0.05, 0) is 64.9 Å². The van der Waals surface area contributed by atoms with Gasteiger partial charge in [-0.15, -0.1) is 0 Å². The van der Waals surface area contributed by atoms with Crippen LogP contribution in [0, 0.1) is 11.7 Å². The fourth-order valence-corrected chi connectivity index (χ4v) is 3.22. The SMILES string of the molecule is COc1ccc2[nH]c(=S)n(-c3ccc(C)cc3Br)c2c1. The van der Waals surface area contributed by atoms with Crippen molar-refractivity contribution in [3.8, 4) is 11.4 Å². The maximum Gasteiger partial charge on any atom is 0.182 e. The molecule has 5 heteroatoms. The fourth-order valence-electron chi connectivity index (χ4n) is 2.24. The van der Waals surface area contributed by atoms with Gasteiger partial charge >= 0.3 is 0 Å². The molecule has 3 aromatic rings. The lowest BCUT2D eigenvalue weighted by Gasteiger charge is -2.09. The van der Waals surface area contributed by atoms with Crippen molar-refractivity contribution in [1.82, 2.24) is 9.55 Å². The Morgan fingerprint density at radius 3 is 2.70 bits per heavy atom. The normalized spacial score (nSPS) is 10.9. The van der Waals surface area contributed by atoms with Crippen LogP contribution in [-0.2, 0) is 0 Å². The third-order valence-electron chi connectivity index (χ3n) is 3.23. The first-order valence-corrected chi connectivity index (χ1v) is 7.35. The number of nitrogens with zero attached hydrogens (tertiary/aromatic N) is 1. The maximum atomic E-state index is 5.45. The zero-order valence-corrected chi connectivity index (χ0v) is 13.5. The highest BCUT2D eigenvalue weighted by Gasteiger charge is 2.10. The van der Waals surface area contributed by atoms with Gasteiger partial charge < -0.3 is 9.72 Å². The van der Waals surface area contributed by atoms with Gasteiger partial charge in [0.05, 0.1) is 23.8 Å². The number of halogens is 1. The van der Waals surface area contributed by atoms with E-state index in [1.54, 1.807) is 7.11 Å². The minimum absolute atomic E-state index is 0.665. The van der Waals surface area contributed by atoms with Crippen LogP contribution in [0.4, 0.5) is 0 Å². The van der Waals surface area contributed by atoms with E-state index >= 15 is 0 Å². The second-order valence-electron chi connectivity index (χ2n) is 4.60. The monoisotopic (exact) mass is 348 g/mol. The van der Waals surface area contributed by atoms with Crippen LogP contribution in [-0.4, -0.2) is 16.7 Å². The summed E-state index contributed by atoms with van der Waals surface area (Å²) in [6.45, 7) is 2.06. The van der Waals surface area contributed by atoms with Crippen molar-refractivity contribution >= 4 is 39.2 Å². The van der Waals surface area contributed by atoms with Crippen molar-refractivity contribution in [1.29, 1.82) is 0 Å². The van der Waals surface area contributed by atoms with Gasteiger partial charge in [0.15, 0.2) is 4.77 Å². The lowest BCUT2D eigenvalue weighted by atomic mass is 10.2. The number of fused-ring (bicyclic) bond motifs is 1. The first-order chi connectivity index (χ1) is 9.60. The average Bonchev–Trinajstić information content (AvgIpc) is 2.74. The van der Waals surface area contributed by atoms with E-state index in [1.165, 1.54) is 5.56 Å². The molecule has 1 aromatic heterocycles. The van der Waals surface area contributed by atoms with Crippen LogP contribution in [0.2, 0.25) is 0 Å². The van der Waals surface area contributed by atoms with Crippen molar-refractivity contribution in [2.24, 2.45) is 0 Å². The van der Waals surface area contributed by atoms with Gasteiger partial charge in [0.25, 0.3) is 0 Å². The molecule has 0 fully saturated rings. The third kappa shape index (κ3) is 2.17. The van der Waals surface area contributed by atoms with Crippen LogP contribution in [0.1, 0.15) is 5.56 Å². The number of aromatic nitrogens is 2. The molecule has 0 aliphatic rings. The summed E-state index contributed by atoms with van der Waals surface area (Å²) in [5, 5.41) is 0. The molecule has 1 heterocycles. The fraction of sp³-hybridized carbons (Fsp3) is 0.133. The Balaban J connectivity index is 2.34. The molecule has 3 rings (SSSR count). The summed E-state index contributed by atoms with van der Waals surface area (Å²) in [4.78, 5) is 3.22. The number of methoxy groups -OCH3 is 1. The van der Waals surface area contributed by atoms with Crippen LogP contribution in [0.5, 0.6) is 5.75 Å². The largest absolute Gasteiger partial charge is 0.497 e. The molecule has 1 N–H and O–H groups in total. The summed E-state index contributed by atoms with van der Waals surface area (Å²) in [6, 6.07) is 12.1. The number of H-pyrrole nitrogens is 1. The van der Waals surface area contributed by atoms with Crippen LogP contribution in [0.15, 0.2) is 40.9 Å². The molecule has 20 heavy (non-hydrogen) atoms. The highest BCUT2D eigenvalue weighted by Crippen LogP contribution is 2.28. The van der Waals surface area contributed by atoms with Crippen molar-refractivity contribution in [3.05, 3.63) is 51.2 Å². The molecule has 2 aromatic carbocycles. The highest BCUT2D eigenvalue weighted by atomic mass is 79.9. The van der Waals surface area contributed by atoms with Crippen LogP contribution >= 0.6 is 28.1 Å². The molecule has 0 spiro atoms. The summed E-state index contributed by atoms with van der Waals surface area (Å²) < 4.78 is 8.99. The molecular formula is C15H13BrN2OS. The molecular weight excluding hydrogens is 336 g/mol. The molecule has 0 radical (unpaired) electrons. The Hall–Kier alpha value is -1.59. The summed E-state index contributed by atoms with van der Waals surface area (Å²) in [6.07, 6.45) is 0. The van der Waals surface area contributed by atoms with Gasteiger partial charge in [-0.2, -0.15) is 0 Å². The second-order valence-corrected chi connectivity index (χ2v) is 5.84. The minimum Gasteiger partial charge on any atom is -0.497 e. The minimum atomic E-state index is 0.665. The van der Waals surface area contributed by atoms with Crippen LogP contribution < -0.4 is 4.74 Å². The van der Waals surface area contributed by atoms with Gasteiger partial charge in [0.1, 0.15) is 5.75 Å². The molecule has 3 nitrogen and oxygen atoms in total. The zero-order chi connectivity index (χ0) is 14.3. The van der Waals surface area contributed by atoms with E-state index in [9.17, 15) is 0 Å². The molecule has 0 unspecified atom stereocenters. The number of ether oxygens (including phenoxy) is 1. The summed E-state index contributed by atoms with van der Waals surface area (Å²) in [5.74, 6) is 0.809. The Morgan fingerprint density at radius 2 is 2.00 bits per heavy atom. The van der Waals surface area contributed by atoms with Gasteiger partial charge in [-0.3, -0.25) is 4.57 Å². The van der Waals surface area contributed by atoms with E-state index in [0.29, 0.717) is 4.77 Å². The first kappa shape index (κ1) is 13.4. The van der Waals surface area contributed by atoms with Gasteiger partial charge in [-0.1, -0.05) is 6.07 Å². The van der Waals surface area contributed by atoms with E-state index in [-0.39, 0.29) is 0 Å². The van der Waals surface area contributed by atoms with Crippen molar-refractivity contribution in [2.75, 3.05) is 7.11 Å². The zero-order valence-electron chi connectivity index (χ0n) is 11.1. The van der Waals surface area contributed by atoms with Gasteiger partial charge in [-0.25, -0.2) is 0 Å². The molecule has 0 saturated carbocycles. The summed E-state index contributed by atoms with van der Waals surface area (Å²) in [7, 11) is 1.66.